The van der Waals surface area contributed by atoms with Gasteiger partial charge in [0, 0.05) is 5.88 Å². The van der Waals surface area contributed by atoms with Gasteiger partial charge in [-0.25, -0.2) is 4.39 Å². The fraction of sp³-hybridized carbons (Fsp3) is 0.333. The molecule has 0 atom stereocenters. The molecule has 1 aromatic carbocycles. The fourth-order valence-electron chi connectivity index (χ4n) is 0.942. The Bertz CT molecular complexity index is 302. The van der Waals surface area contributed by atoms with Crippen molar-refractivity contribution in [3.63, 3.8) is 0 Å². The molecule has 0 N–H and O–H groups in total. The van der Waals surface area contributed by atoms with Gasteiger partial charge in [-0.3, -0.25) is 0 Å². The summed E-state index contributed by atoms with van der Waals surface area (Å²) in [6.45, 7) is 2.19. The number of ether oxygens (including phenoxy) is 1. The summed E-state index contributed by atoms with van der Waals surface area (Å²) < 4.78 is 18.3. The van der Waals surface area contributed by atoms with Crippen molar-refractivity contribution in [2.75, 3.05) is 6.61 Å². The van der Waals surface area contributed by atoms with Gasteiger partial charge in [0.05, 0.1) is 11.6 Å². The van der Waals surface area contributed by atoms with Crippen LogP contribution in [-0.4, -0.2) is 6.61 Å². The first kappa shape index (κ1) is 10.6. The van der Waals surface area contributed by atoms with E-state index in [0.29, 0.717) is 12.2 Å². The minimum atomic E-state index is -0.540. The van der Waals surface area contributed by atoms with E-state index in [4.69, 9.17) is 27.9 Å². The number of alkyl halides is 1. The van der Waals surface area contributed by atoms with Gasteiger partial charge in [0.15, 0.2) is 11.6 Å². The van der Waals surface area contributed by atoms with Gasteiger partial charge in [0.1, 0.15) is 0 Å². The van der Waals surface area contributed by atoms with Gasteiger partial charge >= 0.3 is 0 Å². The summed E-state index contributed by atoms with van der Waals surface area (Å²) in [7, 11) is 0. The average molecular weight is 223 g/mol. The zero-order chi connectivity index (χ0) is 9.84. The highest BCUT2D eigenvalue weighted by molar-refractivity contribution is 6.32. The molecule has 0 saturated carbocycles. The summed E-state index contributed by atoms with van der Waals surface area (Å²) >= 11 is 11.2. The Morgan fingerprint density at radius 3 is 2.69 bits per heavy atom. The summed E-state index contributed by atoms with van der Waals surface area (Å²) in [6.07, 6.45) is 0. The van der Waals surface area contributed by atoms with Crippen LogP contribution < -0.4 is 4.74 Å². The van der Waals surface area contributed by atoms with E-state index in [1.54, 1.807) is 13.0 Å². The summed E-state index contributed by atoms with van der Waals surface area (Å²) in [5, 5.41) is 0.0425. The molecule has 0 unspecified atom stereocenters. The first-order valence-corrected chi connectivity index (χ1v) is 4.77. The molecule has 1 nitrogen and oxygen atoms in total. The quantitative estimate of drug-likeness (QED) is 0.711. The maximum atomic E-state index is 13.3. The van der Waals surface area contributed by atoms with Gasteiger partial charge in [0.2, 0.25) is 0 Å². The third-order valence-corrected chi connectivity index (χ3v) is 2.27. The third-order valence-electron chi connectivity index (χ3n) is 1.57. The predicted molar refractivity (Wildman–Crippen MR) is 52.1 cm³/mol. The highest BCUT2D eigenvalue weighted by Crippen LogP contribution is 2.28. The lowest BCUT2D eigenvalue weighted by atomic mass is 10.2. The molecule has 0 radical (unpaired) electrons. The Labute approximate surface area is 86.4 Å². The molecule has 0 bridgehead atoms. The number of benzene rings is 1. The topological polar surface area (TPSA) is 9.23 Å². The molecule has 0 aliphatic rings. The Balaban J connectivity index is 3.07. The molecule has 0 saturated heterocycles. The zero-order valence-corrected chi connectivity index (χ0v) is 8.62. The molecule has 13 heavy (non-hydrogen) atoms. The molecule has 0 aromatic heterocycles. The van der Waals surface area contributed by atoms with Crippen molar-refractivity contribution in [2.45, 2.75) is 12.8 Å². The van der Waals surface area contributed by atoms with Gasteiger partial charge in [-0.15, -0.1) is 11.6 Å². The van der Waals surface area contributed by atoms with Crippen molar-refractivity contribution in [1.29, 1.82) is 0 Å². The predicted octanol–water partition coefficient (Wildman–Crippen LogP) is 3.62. The lowest BCUT2D eigenvalue weighted by molar-refractivity contribution is 0.321. The molecule has 0 heterocycles. The van der Waals surface area contributed by atoms with E-state index in [1.165, 1.54) is 6.07 Å². The van der Waals surface area contributed by atoms with E-state index in [9.17, 15) is 4.39 Å². The van der Waals surface area contributed by atoms with E-state index in [2.05, 4.69) is 0 Å². The van der Waals surface area contributed by atoms with Gasteiger partial charge in [-0.05, 0) is 18.6 Å². The van der Waals surface area contributed by atoms with E-state index < -0.39 is 5.82 Å². The smallest absolute Gasteiger partial charge is 0.183 e. The van der Waals surface area contributed by atoms with Crippen LogP contribution in [0, 0.1) is 5.82 Å². The minimum absolute atomic E-state index is 0.0425. The van der Waals surface area contributed by atoms with Crippen molar-refractivity contribution in [1.82, 2.24) is 0 Å². The van der Waals surface area contributed by atoms with Gasteiger partial charge in [-0.2, -0.15) is 0 Å². The average Bonchev–Trinajstić information content (AvgIpc) is 2.14. The van der Waals surface area contributed by atoms with Crippen LogP contribution in [-0.2, 0) is 5.88 Å². The van der Waals surface area contributed by atoms with Crippen molar-refractivity contribution in [3.05, 3.63) is 28.5 Å². The van der Waals surface area contributed by atoms with E-state index in [0.717, 1.165) is 0 Å². The number of halogens is 3. The lowest BCUT2D eigenvalue weighted by Crippen LogP contribution is -1.96. The van der Waals surface area contributed by atoms with Crippen molar-refractivity contribution >= 4 is 23.2 Å². The maximum absolute atomic E-state index is 13.3. The fourth-order valence-corrected chi connectivity index (χ4v) is 1.46. The lowest BCUT2D eigenvalue weighted by Gasteiger charge is -2.07. The first-order valence-electron chi connectivity index (χ1n) is 3.86. The monoisotopic (exact) mass is 222 g/mol. The summed E-state index contributed by atoms with van der Waals surface area (Å²) in [5.41, 5.74) is 0.573. The van der Waals surface area contributed by atoms with Crippen molar-refractivity contribution in [3.8, 4) is 5.75 Å². The zero-order valence-electron chi connectivity index (χ0n) is 7.11. The largest absolute Gasteiger partial charge is 0.491 e. The van der Waals surface area contributed by atoms with Crippen molar-refractivity contribution < 1.29 is 9.13 Å². The van der Waals surface area contributed by atoms with E-state index in [-0.39, 0.29) is 16.7 Å². The van der Waals surface area contributed by atoms with Crippen molar-refractivity contribution in [2.24, 2.45) is 0 Å². The molecule has 0 amide bonds. The molecule has 0 fully saturated rings. The van der Waals surface area contributed by atoms with Crippen LogP contribution in [0.25, 0.3) is 0 Å². The minimum Gasteiger partial charge on any atom is -0.491 e. The standard InChI is InChI=1S/C9H9Cl2FO/c1-2-13-7-4-3-6(5-10)8(11)9(7)12/h3-4H,2,5H2,1H3. The second-order valence-corrected chi connectivity index (χ2v) is 3.06. The second kappa shape index (κ2) is 4.68. The summed E-state index contributed by atoms with van der Waals surface area (Å²) in [5.74, 6) is -0.176. The third kappa shape index (κ3) is 2.26. The SMILES string of the molecule is CCOc1ccc(CCl)c(Cl)c1F. The summed E-state index contributed by atoms with van der Waals surface area (Å²) in [6, 6.07) is 3.19. The first-order chi connectivity index (χ1) is 6.20. The van der Waals surface area contributed by atoms with E-state index in [1.807, 2.05) is 0 Å². The summed E-state index contributed by atoms with van der Waals surface area (Å²) in [4.78, 5) is 0. The highest BCUT2D eigenvalue weighted by Gasteiger charge is 2.11. The van der Waals surface area contributed by atoms with Crippen LogP contribution in [0.4, 0.5) is 4.39 Å². The Hall–Kier alpha value is -0.470. The Kier molecular flexibility index (Phi) is 3.82. The Morgan fingerprint density at radius 1 is 1.46 bits per heavy atom. The highest BCUT2D eigenvalue weighted by atomic mass is 35.5. The van der Waals surface area contributed by atoms with Crippen LogP contribution in [0.1, 0.15) is 12.5 Å². The molecule has 72 valence electrons. The van der Waals surface area contributed by atoms with Gasteiger partial charge in [-0.1, -0.05) is 17.7 Å². The maximum Gasteiger partial charge on any atom is 0.183 e. The van der Waals surface area contributed by atoms with Crippen LogP contribution in [0.2, 0.25) is 5.02 Å². The molecule has 4 heteroatoms. The molecule has 0 aliphatic heterocycles. The molecule has 0 spiro atoms. The van der Waals surface area contributed by atoms with Crippen LogP contribution >= 0.6 is 23.2 Å². The normalized spacial score (nSPS) is 10.2. The van der Waals surface area contributed by atoms with Crippen LogP contribution in [0.15, 0.2) is 12.1 Å². The number of hydrogen-bond acceptors (Lipinski definition) is 1. The molecule has 1 aromatic rings. The van der Waals surface area contributed by atoms with Crippen LogP contribution in [0.3, 0.4) is 0 Å². The van der Waals surface area contributed by atoms with Crippen LogP contribution in [0.5, 0.6) is 5.75 Å². The van der Waals surface area contributed by atoms with E-state index >= 15 is 0 Å². The number of rotatable bonds is 3. The van der Waals surface area contributed by atoms with Gasteiger partial charge in [0.25, 0.3) is 0 Å². The van der Waals surface area contributed by atoms with Gasteiger partial charge < -0.3 is 4.74 Å². The second-order valence-electron chi connectivity index (χ2n) is 2.42. The number of hydrogen-bond donors (Lipinski definition) is 0. The molecular formula is C9H9Cl2FO. The molecular weight excluding hydrogens is 214 g/mol. The molecule has 0 aliphatic carbocycles. The Morgan fingerprint density at radius 2 is 2.15 bits per heavy atom. The molecule has 1 rings (SSSR count).